The van der Waals surface area contributed by atoms with Crippen molar-refractivity contribution in [2.45, 2.75) is 6.54 Å². The van der Waals surface area contributed by atoms with Crippen LogP contribution in [0.15, 0.2) is 48.5 Å². The van der Waals surface area contributed by atoms with Gasteiger partial charge in [0.15, 0.2) is 0 Å². The summed E-state index contributed by atoms with van der Waals surface area (Å²) in [5.74, 6) is 6.43. The van der Waals surface area contributed by atoms with Crippen molar-refractivity contribution in [2.75, 3.05) is 25.7 Å². The molecule has 0 fully saturated rings. The molecular formula is C18H19NO2. The molecule has 0 amide bonds. The third-order valence-corrected chi connectivity index (χ3v) is 3.20. The average Bonchev–Trinajstić information content (AvgIpc) is 2.54. The Hall–Kier alpha value is -2.44. The summed E-state index contributed by atoms with van der Waals surface area (Å²) in [6.07, 6.45) is 0. The molecule has 0 aromatic heterocycles. The first-order chi connectivity index (χ1) is 10.2. The highest BCUT2D eigenvalue weighted by Gasteiger charge is 2.07. The molecule has 0 heterocycles. The number of nitrogens with zero attached hydrogens (tertiary/aromatic N) is 1. The molecule has 0 unspecified atom stereocenters. The topological polar surface area (TPSA) is 32.7 Å². The minimum absolute atomic E-state index is 0.134. The minimum atomic E-state index is -0.134. The summed E-state index contributed by atoms with van der Waals surface area (Å²) in [4.78, 5) is 2.15. The molecule has 0 saturated carbocycles. The van der Waals surface area contributed by atoms with E-state index in [2.05, 4.69) is 28.9 Å². The Morgan fingerprint density at radius 3 is 2.57 bits per heavy atom. The maximum Gasteiger partial charge on any atom is 0.123 e. The van der Waals surface area contributed by atoms with E-state index >= 15 is 0 Å². The lowest BCUT2D eigenvalue weighted by molar-refractivity contribution is 0.350. The van der Waals surface area contributed by atoms with Gasteiger partial charge >= 0.3 is 0 Å². The molecule has 2 aromatic carbocycles. The summed E-state index contributed by atoms with van der Waals surface area (Å²) in [5.41, 5.74) is 3.08. The van der Waals surface area contributed by atoms with Crippen LogP contribution in [0.25, 0.3) is 0 Å². The molecule has 0 saturated heterocycles. The zero-order chi connectivity index (χ0) is 15.1. The van der Waals surface area contributed by atoms with Crippen LogP contribution in [0, 0.1) is 11.8 Å². The first kappa shape index (κ1) is 15.0. The summed E-state index contributed by atoms with van der Waals surface area (Å²) >= 11 is 0. The van der Waals surface area contributed by atoms with Crippen LogP contribution in [0.1, 0.15) is 11.1 Å². The highest BCUT2D eigenvalue weighted by molar-refractivity contribution is 5.49. The lowest BCUT2D eigenvalue weighted by atomic mass is 10.1. The zero-order valence-electron chi connectivity index (χ0n) is 12.3. The van der Waals surface area contributed by atoms with E-state index in [1.54, 1.807) is 7.11 Å². The molecule has 0 spiro atoms. The lowest BCUT2D eigenvalue weighted by Gasteiger charge is -2.21. The van der Waals surface area contributed by atoms with Gasteiger partial charge in [-0.05, 0) is 30.3 Å². The molecule has 2 rings (SSSR count). The molecule has 21 heavy (non-hydrogen) atoms. The predicted octanol–water partition coefficient (Wildman–Crippen LogP) is 2.68. The number of anilines is 1. The number of aliphatic hydroxyl groups excluding tert-OH is 1. The number of hydrogen-bond donors (Lipinski definition) is 1. The Morgan fingerprint density at radius 1 is 1.14 bits per heavy atom. The van der Waals surface area contributed by atoms with Crippen LogP contribution in [-0.2, 0) is 6.54 Å². The molecular weight excluding hydrogens is 262 g/mol. The fourth-order valence-electron chi connectivity index (χ4n) is 2.15. The second-order valence-corrected chi connectivity index (χ2v) is 4.68. The van der Waals surface area contributed by atoms with Gasteiger partial charge in [0.2, 0.25) is 0 Å². The lowest BCUT2D eigenvalue weighted by Crippen LogP contribution is -2.16. The Kier molecular flexibility index (Phi) is 5.25. The maximum atomic E-state index is 8.79. The number of ether oxygens (including phenoxy) is 1. The van der Waals surface area contributed by atoms with Crippen LogP contribution in [0.2, 0.25) is 0 Å². The SMILES string of the molecule is COc1ccc(C#CCO)cc1CN(C)c1ccccc1. The van der Waals surface area contributed by atoms with E-state index in [9.17, 15) is 0 Å². The van der Waals surface area contributed by atoms with Crippen LogP contribution >= 0.6 is 0 Å². The molecule has 0 aliphatic heterocycles. The van der Waals surface area contributed by atoms with Crippen LogP contribution in [0.4, 0.5) is 5.69 Å². The van der Waals surface area contributed by atoms with E-state index in [4.69, 9.17) is 9.84 Å². The van der Waals surface area contributed by atoms with E-state index in [0.717, 1.165) is 29.1 Å². The summed E-state index contributed by atoms with van der Waals surface area (Å²) in [5, 5.41) is 8.79. The second kappa shape index (κ2) is 7.37. The normalized spacial score (nSPS) is 9.67. The van der Waals surface area contributed by atoms with Gasteiger partial charge in [-0.25, -0.2) is 0 Å². The highest BCUT2D eigenvalue weighted by Crippen LogP contribution is 2.23. The molecule has 0 aliphatic rings. The molecule has 108 valence electrons. The van der Waals surface area contributed by atoms with Gasteiger partial charge in [-0.15, -0.1) is 0 Å². The number of para-hydroxylation sites is 1. The van der Waals surface area contributed by atoms with Gasteiger partial charge in [-0.3, -0.25) is 0 Å². The number of rotatable bonds is 4. The number of methoxy groups -OCH3 is 1. The van der Waals surface area contributed by atoms with E-state index < -0.39 is 0 Å². The van der Waals surface area contributed by atoms with Crippen molar-refractivity contribution in [1.82, 2.24) is 0 Å². The summed E-state index contributed by atoms with van der Waals surface area (Å²) in [6, 6.07) is 16.0. The first-order valence-corrected chi connectivity index (χ1v) is 6.77. The van der Waals surface area contributed by atoms with Crippen LogP contribution in [0.3, 0.4) is 0 Å². The Balaban J connectivity index is 2.25. The average molecular weight is 281 g/mol. The maximum absolute atomic E-state index is 8.79. The summed E-state index contributed by atoms with van der Waals surface area (Å²) in [6.45, 7) is 0.590. The van der Waals surface area contributed by atoms with Gasteiger partial charge in [0.1, 0.15) is 12.4 Å². The summed E-state index contributed by atoms with van der Waals surface area (Å²) < 4.78 is 5.42. The van der Waals surface area contributed by atoms with Crippen molar-refractivity contribution >= 4 is 5.69 Å². The Labute approximate surface area is 125 Å². The van der Waals surface area contributed by atoms with Gasteiger partial charge < -0.3 is 14.7 Å². The van der Waals surface area contributed by atoms with Crippen LogP contribution in [0.5, 0.6) is 5.75 Å². The van der Waals surface area contributed by atoms with Gasteiger partial charge in [-0.1, -0.05) is 30.0 Å². The zero-order valence-corrected chi connectivity index (χ0v) is 12.3. The monoisotopic (exact) mass is 281 g/mol. The van der Waals surface area contributed by atoms with E-state index in [0.29, 0.717) is 0 Å². The van der Waals surface area contributed by atoms with Crippen LogP contribution in [-0.4, -0.2) is 25.9 Å². The standard InChI is InChI=1S/C18H19NO2/c1-19(17-8-4-3-5-9-17)14-16-13-15(7-6-12-20)10-11-18(16)21-2/h3-5,8-11,13,20H,12,14H2,1-2H3. The van der Waals surface area contributed by atoms with Crippen molar-refractivity contribution in [3.8, 4) is 17.6 Å². The van der Waals surface area contributed by atoms with E-state index in [1.807, 2.05) is 43.4 Å². The molecule has 3 nitrogen and oxygen atoms in total. The third-order valence-electron chi connectivity index (χ3n) is 3.20. The van der Waals surface area contributed by atoms with Gasteiger partial charge in [0.25, 0.3) is 0 Å². The van der Waals surface area contributed by atoms with Crippen molar-refractivity contribution in [2.24, 2.45) is 0 Å². The van der Waals surface area contributed by atoms with Gasteiger partial charge in [-0.2, -0.15) is 0 Å². The van der Waals surface area contributed by atoms with Crippen molar-refractivity contribution in [1.29, 1.82) is 0 Å². The molecule has 1 N–H and O–H groups in total. The predicted molar refractivity (Wildman–Crippen MR) is 85.5 cm³/mol. The highest BCUT2D eigenvalue weighted by atomic mass is 16.5. The third kappa shape index (κ3) is 4.01. The number of aliphatic hydroxyl groups is 1. The molecule has 0 radical (unpaired) electrons. The second-order valence-electron chi connectivity index (χ2n) is 4.68. The van der Waals surface area contributed by atoms with E-state index in [1.165, 1.54) is 0 Å². The fraction of sp³-hybridized carbons (Fsp3) is 0.222. The molecule has 0 atom stereocenters. The largest absolute Gasteiger partial charge is 0.496 e. The van der Waals surface area contributed by atoms with Crippen molar-refractivity contribution in [3.63, 3.8) is 0 Å². The molecule has 2 aromatic rings. The smallest absolute Gasteiger partial charge is 0.123 e. The Bertz CT molecular complexity index is 641. The van der Waals surface area contributed by atoms with Gasteiger partial charge in [0.05, 0.1) is 7.11 Å². The van der Waals surface area contributed by atoms with Crippen molar-refractivity contribution in [3.05, 3.63) is 59.7 Å². The first-order valence-electron chi connectivity index (χ1n) is 6.77. The quantitative estimate of drug-likeness (QED) is 0.875. The fourth-order valence-corrected chi connectivity index (χ4v) is 2.15. The van der Waals surface area contributed by atoms with E-state index in [-0.39, 0.29) is 6.61 Å². The summed E-state index contributed by atoms with van der Waals surface area (Å²) in [7, 11) is 3.71. The van der Waals surface area contributed by atoms with Gasteiger partial charge in [0, 0.05) is 30.4 Å². The van der Waals surface area contributed by atoms with Crippen LogP contribution < -0.4 is 9.64 Å². The Morgan fingerprint density at radius 2 is 1.90 bits per heavy atom. The number of benzene rings is 2. The number of hydrogen-bond acceptors (Lipinski definition) is 3. The molecule has 0 aliphatic carbocycles. The molecule has 3 heteroatoms. The molecule has 0 bridgehead atoms. The minimum Gasteiger partial charge on any atom is -0.496 e. The van der Waals surface area contributed by atoms with Crippen molar-refractivity contribution < 1.29 is 9.84 Å².